The van der Waals surface area contributed by atoms with E-state index in [9.17, 15) is 9.50 Å². The summed E-state index contributed by atoms with van der Waals surface area (Å²) in [5.41, 5.74) is 2.46. The quantitative estimate of drug-likeness (QED) is 0.711. The SMILES string of the molecule is Cc1cc2c(cnn2-c2ccc(F)cc2)cc1O. The molecule has 0 saturated carbocycles. The van der Waals surface area contributed by atoms with Crippen LogP contribution in [-0.4, -0.2) is 14.9 Å². The lowest BCUT2D eigenvalue weighted by molar-refractivity contribution is 0.472. The van der Waals surface area contributed by atoms with Crippen LogP contribution in [0.2, 0.25) is 0 Å². The second kappa shape index (κ2) is 3.84. The molecule has 0 atom stereocenters. The fourth-order valence-corrected chi connectivity index (χ4v) is 1.95. The molecule has 18 heavy (non-hydrogen) atoms. The van der Waals surface area contributed by atoms with Crippen molar-refractivity contribution in [3.63, 3.8) is 0 Å². The van der Waals surface area contributed by atoms with Gasteiger partial charge in [-0.05, 0) is 48.9 Å². The lowest BCUT2D eigenvalue weighted by atomic mass is 10.1. The minimum Gasteiger partial charge on any atom is -0.508 e. The fourth-order valence-electron chi connectivity index (χ4n) is 1.95. The molecule has 1 aromatic heterocycles. The third-order valence-electron chi connectivity index (χ3n) is 2.96. The number of phenolic OH excluding ortho intramolecular Hbond substituents is 1. The van der Waals surface area contributed by atoms with E-state index in [4.69, 9.17) is 0 Å². The minimum atomic E-state index is -0.274. The maximum Gasteiger partial charge on any atom is 0.123 e. The van der Waals surface area contributed by atoms with E-state index in [2.05, 4.69) is 5.10 Å². The molecule has 0 unspecified atom stereocenters. The van der Waals surface area contributed by atoms with Crippen LogP contribution < -0.4 is 0 Å². The summed E-state index contributed by atoms with van der Waals surface area (Å²) in [6, 6.07) is 9.68. The van der Waals surface area contributed by atoms with E-state index in [0.717, 1.165) is 22.2 Å². The summed E-state index contributed by atoms with van der Waals surface area (Å²) >= 11 is 0. The maximum atomic E-state index is 12.9. The van der Waals surface area contributed by atoms with Gasteiger partial charge in [0.25, 0.3) is 0 Å². The third kappa shape index (κ3) is 1.62. The van der Waals surface area contributed by atoms with Crippen LogP contribution in [0.25, 0.3) is 16.6 Å². The molecule has 3 nitrogen and oxygen atoms in total. The van der Waals surface area contributed by atoms with Gasteiger partial charge >= 0.3 is 0 Å². The zero-order valence-electron chi connectivity index (χ0n) is 9.76. The normalized spacial score (nSPS) is 11.0. The zero-order chi connectivity index (χ0) is 12.7. The maximum absolute atomic E-state index is 12.9. The predicted octanol–water partition coefficient (Wildman–Crippen LogP) is 3.18. The molecule has 90 valence electrons. The zero-order valence-corrected chi connectivity index (χ0v) is 9.76. The number of benzene rings is 2. The minimum absolute atomic E-state index is 0.251. The second-order valence-corrected chi connectivity index (χ2v) is 4.23. The highest BCUT2D eigenvalue weighted by molar-refractivity contribution is 5.82. The number of nitrogens with zero attached hydrogens (tertiary/aromatic N) is 2. The van der Waals surface area contributed by atoms with Crippen molar-refractivity contribution >= 4 is 10.9 Å². The Bertz CT molecular complexity index is 716. The van der Waals surface area contributed by atoms with Crippen LogP contribution in [0.5, 0.6) is 5.75 Å². The summed E-state index contributed by atoms with van der Waals surface area (Å²) in [5.74, 6) is -0.0230. The second-order valence-electron chi connectivity index (χ2n) is 4.23. The summed E-state index contributed by atoms with van der Waals surface area (Å²) in [6.45, 7) is 1.83. The van der Waals surface area contributed by atoms with Crippen LogP contribution in [0.15, 0.2) is 42.6 Å². The molecule has 0 amide bonds. The number of phenols is 1. The first-order valence-corrected chi connectivity index (χ1v) is 5.58. The molecule has 3 aromatic rings. The molecule has 0 aliphatic rings. The van der Waals surface area contributed by atoms with E-state index in [1.165, 1.54) is 12.1 Å². The number of hydrogen-bond donors (Lipinski definition) is 1. The molecule has 1 N–H and O–H groups in total. The van der Waals surface area contributed by atoms with E-state index >= 15 is 0 Å². The van der Waals surface area contributed by atoms with Crippen LogP contribution >= 0.6 is 0 Å². The van der Waals surface area contributed by atoms with Gasteiger partial charge in [-0.15, -0.1) is 0 Å². The molecule has 0 bridgehead atoms. The summed E-state index contributed by atoms with van der Waals surface area (Å²) < 4.78 is 14.6. The molecule has 0 fully saturated rings. The van der Waals surface area contributed by atoms with Crippen molar-refractivity contribution in [3.8, 4) is 11.4 Å². The van der Waals surface area contributed by atoms with Gasteiger partial charge in [0.15, 0.2) is 0 Å². The Kier molecular flexibility index (Phi) is 2.30. The molecule has 3 rings (SSSR count). The van der Waals surface area contributed by atoms with Gasteiger partial charge in [-0.25, -0.2) is 9.07 Å². The largest absolute Gasteiger partial charge is 0.508 e. The van der Waals surface area contributed by atoms with Crippen molar-refractivity contribution in [2.45, 2.75) is 6.92 Å². The van der Waals surface area contributed by atoms with Crippen LogP contribution in [0.1, 0.15) is 5.56 Å². The Labute approximate surface area is 103 Å². The van der Waals surface area contributed by atoms with Crippen molar-refractivity contribution in [1.82, 2.24) is 9.78 Å². The molecule has 0 spiro atoms. The number of fused-ring (bicyclic) bond motifs is 1. The molecule has 2 aromatic carbocycles. The standard InChI is InChI=1S/C14H11FN2O/c1-9-6-13-10(7-14(9)18)8-16-17(13)12-4-2-11(15)3-5-12/h2-8,18H,1H3. The molecule has 0 radical (unpaired) electrons. The van der Waals surface area contributed by atoms with Gasteiger partial charge in [-0.1, -0.05) is 0 Å². The van der Waals surface area contributed by atoms with Crippen molar-refractivity contribution < 1.29 is 9.50 Å². The lowest BCUT2D eigenvalue weighted by Gasteiger charge is -2.04. The van der Waals surface area contributed by atoms with Crippen LogP contribution in [0, 0.1) is 12.7 Å². The van der Waals surface area contributed by atoms with Gasteiger partial charge < -0.3 is 5.11 Å². The molecule has 0 saturated heterocycles. The van der Waals surface area contributed by atoms with Crippen molar-refractivity contribution in [2.24, 2.45) is 0 Å². The van der Waals surface area contributed by atoms with Crippen LogP contribution in [0.3, 0.4) is 0 Å². The molecular formula is C14H11FN2O. The number of hydrogen-bond acceptors (Lipinski definition) is 2. The van der Waals surface area contributed by atoms with Gasteiger partial charge in [-0.2, -0.15) is 5.10 Å². The smallest absolute Gasteiger partial charge is 0.123 e. The summed E-state index contributed by atoms with van der Waals surface area (Å²) in [7, 11) is 0. The lowest BCUT2D eigenvalue weighted by Crippen LogP contribution is -1.96. The van der Waals surface area contributed by atoms with Gasteiger partial charge in [0.2, 0.25) is 0 Å². The van der Waals surface area contributed by atoms with Crippen molar-refractivity contribution in [3.05, 3.63) is 54.0 Å². The Hall–Kier alpha value is -2.36. The van der Waals surface area contributed by atoms with E-state index in [-0.39, 0.29) is 11.6 Å². The van der Waals surface area contributed by atoms with Crippen molar-refractivity contribution in [1.29, 1.82) is 0 Å². The molecular weight excluding hydrogens is 231 g/mol. The van der Waals surface area contributed by atoms with Gasteiger partial charge in [0, 0.05) is 5.39 Å². The van der Waals surface area contributed by atoms with Gasteiger partial charge in [0.05, 0.1) is 17.4 Å². The first-order chi connectivity index (χ1) is 8.65. The molecule has 4 heteroatoms. The molecule has 0 aliphatic carbocycles. The topological polar surface area (TPSA) is 38.0 Å². The third-order valence-corrected chi connectivity index (χ3v) is 2.96. The van der Waals surface area contributed by atoms with Crippen LogP contribution in [-0.2, 0) is 0 Å². The molecule has 1 heterocycles. The highest BCUT2D eigenvalue weighted by Crippen LogP contribution is 2.25. The first kappa shape index (κ1) is 10.8. The van der Waals surface area contributed by atoms with E-state index < -0.39 is 0 Å². The van der Waals surface area contributed by atoms with Crippen LogP contribution in [0.4, 0.5) is 4.39 Å². The highest BCUT2D eigenvalue weighted by atomic mass is 19.1. The van der Waals surface area contributed by atoms with Crippen molar-refractivity contribution in [2.75, 3.05) is 0 Å². The van der Waals surface area contributed by atoms with E-state index in [1.807, 2.05) is 13.0 Å². The number of aromatic hydroxyl groups is 1. The van der Waals surface area contributed by atoms with Gasteiger partial charge in [0.1, 0.15) is 11.6 Å². The summed E-state index contributed by atoms with van der Waals surface area (Å²) in [4.78, 5) is 0. The Morgan fingerprint density at radius 3 is 2.61 bits per heavy atom. The first-order valence-electron chi connectivity index (χ1n) is 5.58. The Morgan fingerprint density at radius 1 is 1.17 bits per heavy atom. The Balaban J connectivity index is 2.23. The summed E-state index contributed by atoms with van der Waals surface area (Å²) in [5, 5.41) is 14.8. The van der Waals surface area contributed by atoms with Gasteiger partial charge in [-0.3, -0.25) is 0 Å². The van der Waals surface area contributed by atoms with E-state index in [1.54, 1.807) is 29.1 Å². The monoisotopic (exact) mass is 242 g/mol. The summed E-state index contributed by atoms with van der Waals surface area (Å²) in [6.07, 6.45) is 1.68. The predicted molar refractivity (Wildman–Crippen MR) is 67.4 cm³/mol. The number of aryl methyl sites for hydroxylation is 1. The fraction of sp³-hybridized carbons (Fsp3) is 0.0714. The molecule has 0 aliphatic heterocycles. The average Bonchev–Trinajstić information content (AvgIpc) is 2.74. The van der Waals surface area contributed by atoms with E-state index in [0.29, 0.717) is 0 Å². The Morgan fingerprint density at radius 2 is 1.89 bits per heavy atom. The highest BCUT2D eigenvalue weighted by Gasteiger charge is 2.07. The number of aromatic nitrogens is 2. The number of rotatable bonds is 1. The average molecular weight is 242 g/mol. The number of halogens is 1.